The molecule has 2 aliphatic rings. The van der Waals surface area contributed by atoms with Crippen LogP contribution in [0.2, 0.25) is 0 Å². The SMILES string of the molecule is CC1(C)c2cc(N(c3ccc(-c4ccccc4)cc3)c3cccc4ccccc34)ccc2C2C=CC(N(c3ccc(-c4ccccc4)cc3)c3cccc4ccccc34)=CC21. The summed E-state index contributed by atoms with van der Waals surface area (Å²) in [5.74, 6) is 0.531. The van der Waals surface area contributed by atoms with Gasteiger partial charge in [-0.25, -0.2) is 0 Å². The molecule has 9 aromatic rings. The third-order valence-electron chi connectivity index (χ3n) is 13.1. The summed E-state index contributed by atoms with van der Waals surface area (Å²) in [5.41, 5.74) is 14.5. The van der Waals surface area contributed by atoms with Crippen LogP contribution in [0.1, 0.15) is 30.9 Å². The lowest BCUT2D eigenvalue weighted by molar-refractivity contribution is 0.392. The third kappa shape index (κ3) is 6.44. The quantitative estimate of drug-likeness (QED) is 0.151. The van der Waals surface area contributed by atoms with Crippen molar-refractivity contribution in [1.82, 2.24) is 0 Å². The van der Waals surface area contributed by atoms with Crippen LogP contribution in [0.3, 0.4) is 0 Å². The van der Waals surface area contributed by atoms with Gasteiger partial charge < -0.3 is 9.80 Å². The molecule has 0 radical (unpaired) electrons. The second-order valence-corrected chi connectivity index (χ2v) is 17.0. The molecule has 0 spiro atoms. The van der Waals surface area contributed by atoms with Crippen molar-refractivity contribution >= 4 is 50.0 Å². The average molecular weight is 783 g/mol. The first kappa shape index (κ1) is 36.6. The van der Waals surface area contributed by atoms with Crippen molar-refractivity contribution in [2.24, 2.45) is 5.92 Å². The van der Waals surface area contributed by atoms with Gasteiger partial charge in [-0.15, -0.1) is 0 Å². The molecule has 2 aliphatic carbocycles. The molecule has 0 fully saturated rings. The van der Waals surface area contributed by atoms with Gasteiger partial charge in [-0.1, -0.05) is 190 Å². The van der Waals surface area contributed by atoms with Crippen LogP contribution in [-0.4, -0.2) is 0 Å². The molecule has 0 aromatic heterocycles. The predicted octanol–water partition coefficient (Wildman–Crippen LogP) is 16.1. The molecule has 61 heavy (non-hydrogen) atoms. The summed E-state index contributed by atoms with van der Waals surface area (Å²) in [6.07, 6.45) is 7.39. The van der Waals surface area contributed by atoms with Crippen LogP contribution in [0.4, 0.5) is 28.4 Å². The molecule has 9 aromatic carbocycles. The number of anilines is 5. The van der Waals surface area contributed by atoms with Gasteiger partial charge in [0.15, 0.2) is 0 Å². The molecular weight excluding hydrogens is 737 g/mol. The Morgan fingerprint density at radius 1 is 0.410 bits per heavy atom. The normalized spacial score (nSPS) is 16.2. The standard InChI is InChI=1S/C59H46N2/c1-59(2)55-39-49(60(57-25-13-21-45-19-9-11-23-51(45)57)47-31-27-43(28-32-47)41-15-5-3-6-16-41)35-37-53(55)54-38-36-50(40-56(54)59)61(58-26-14-22-46-20-10-12-24-52(46)58)48-33-29-44(30-34-48)42-17-7-4-8-18-42/h3-40,53,55H,1-2H3. The number of benzene rings is 9. The van der Waals surface area contributed by atoms with Gasteiger partial charge in [0.1, 0.15) is 0 Å². The first-order valence-corrected chi connectivity index (χ1v) is 21.4. The minimum atomic E-state index is -0.144. The minimum absolute atomic E-state index is 0.144. The number of hydrogen-bond acceptors (Lipinski definition) is 2. The summed E-state index contributed by atoms with van der Waals surface area (Å²) in [5, 5.41) is 4.92. The number of nitrogens with zero attached hydrogens (tertiary/aromatic N) is 2. The maximum atomic E-state index is 2.56. The Hall–Kier alpha value is -7.42. The molecule has 2 nitrogen and oxygen atoms in total. The van der Waals surface area contributed by atoms with Gasteiger partial charge in [-0.3, -0.25) is 0 Å². The zero-order valence-corrected chi connectivity index (χ0v) is 34.5. The maximum Gasteiger partial charge on any atom is 0.0540 e. The largest absolute Gasteiger partial charge is 0.310 e. The van der Waals surface area contributed by atoms with Crippen LogP contribution < -0.4 is 9.80 Å². The van der Waals surface area contributed by atoms with Gasteiger partial charge in [0.2, 0.25) is 0 Å². The fourth-order valence-corrected chi connectivity index (χ4v) is 10.0. The summed E-state index contributed by atoms with van der Waals surface area (Å²) < 4.78 is 0. The molecule has 0 saturated heterocycles. The number of fused-ring (bicyclic) bond motifs is 5. The number of allylic oxidation sites excluding steroid dienone is 3. The summed E-state index contributed by atoms with van der Waals surface area (Å²) in [6.45, 7) is 4.89. The molecule has 0 amide bonds. The van der Waals surface area contributed by atoms with E-state index in [1.807, 2.05) is 0 Å². The van der Waals surface area contributed by atoms with Crippen LogP contribution in [0.25, 0.3) is 43.8 Å². The fraction of sp³-hybridized carbons (Fsp3) is 0.0847. The van der Waals surface area contributed by atoms with Gasteiger partial charge in [0, 0.05) is 39.4 Å². The second-order valence-electron chi connectivity index (χ2n) is 17.0. The molecule has 0 N–H and O–H groups in total. The molecule has 0 heterocycles. The van der Waals surface area contributed by atoms with E-state index in [2.05, 4.69) is 254 Å². The van der Waals surface area contributed by atoms with E-state index in [4.69, 9.17) is 0 Å². The zero-order chi connectivity index (χ0) is 40.9. The molecule has 0 aliphatic heterocycles. The summed E-state index contributed by atoms with van der Waals surface area (Å²) in [7, 11) is 0. The molecule has 0 saturated carbocycles. The van der Waals surface area contributed by atoms with Crippen molar-refractivity contribution < 1.29 is 0 Å². The lowest BCUT2D eigenvalue weighted by Crippen LogP contribution is -2.28. The van der Waals surface area contributed by atoms with Crippen LogP contribution >= 0.6 is 0 Å². The highest BCUT2D eigenvalue weighted by Crippen LogP contribution is 2.56. The van der Waals surface area contributed by atoms with E-state index >= 15 is 0 Å². The molecule has 2 heteroatoms. The van der Waals surface area contributed by atoms with Crippen molar-refractivity contribution in [1.29, 1.82) is 0 Å². The van der Waals surface area contributed by atoms with Crippen molar-refractivity contribution in [3.63, 3.8) is 0 Å². The van der Waals surface area contributed by atoms with E-state index in [0.717, 1.165) is 11.4 Å². The lowest BCUT2D eigenvalue weighted by Gasteiger charge is -2.35. The Morgan fingerprint density at radius 2 is 0.869 bits per heavy atom. The van der Waals surface area contributed by atoms with E-state index in [1.165, 1.54) is 77.7 Å². The van der Waals surface area contributed by atoms with Gasteiger partial charge in [0.05, 0.1) is 11.4 Å². The Balaban J connectivity index is 1.01. The van der Waals surface area contributed by atoms with Crippen LogP contribution in [0.5, 0.6) is 0 Å². The Kier molecular flexibility index (Phi) is 9.01. The van der Waals surface area contributed by atoms with E-state index < -0.39 is 0 Å². The Morgan fingerprint density at radius 3 is 1.44 bits per heavy atom. The van der Waals surface area contributed by atoms with Crippen molar-refractivity contribution in [3.8, 4) is 22.3 Å². The smallest absolute Gasteiger partial charge is 0.0540 e. The molecule has 292 valence electrons. The van der Waals surface area contributed by atoms with Gasteiger partial charge in [0.25, 0.3) is 0 Å². The Labute approximate surface area is 359 Å². The molecule has 2 unspecified atom stereocenters. The monoisotopic (exact) mass is 782 g/mol. The van der Waals surface area contributed by atoms with Crippen LogP contribution in [-0.2, 0) is 5.41 Å². The third-order valence-corrected chi connectivity index (χ3v) is 13.1. The van der Waals surface area contributed by atoms with E-state index in [0.29, 0.717) is 0 Å². The predicted molar refractivity (Wildman–Crippen MR) is 259 cm³/mol. The van der Waals surface area contributed by atoms with Gasteiger partial charge in [-0.05, 0) is 110 Å². The molecule has 11 rings (SSSR count). The fourth-order valence-electron chi connectivity index (χ4n) is 10.0. The van der Waals surface area contributed by atoms with Crippen LogP contribution in [0, 0.1) is 5.92 Å². The maximum absolute atomic E-state index is 2.56. The van der Waals surface area contributed by atoms with Crippen molar-refractivity contribution in [2.45, 2.75) is 25.2 Å². The topological polar surface area (TPSA) is 6.48 Å². The number of rotatable bonds is 8. The van der Waals surface area contributed by atoms with Gasteiger partial charge >= 0.3 is 0 Å². The van der Waals surface area contributed by atoms with Crippen molar-refractivity contribution in [3.05, 3.63) is 247 Å². The summed E-state index contributed by atoms with van der Waals surface area (Å²) >= 11 is 0. The molecule has 0 bridgehead atoms. The lowest BCUT2D eigenvalue weighted by atomic mass is 9.74. The van der Waals surface area contributed by atoms with Crippen molar-refractivity contribution in [2.75, 3.05) is 9.80 Å². The highest BCUT2D eigenvalue weighted by molar-refractivity contribution is 6.00. The highest BCUT2D eigenvalue weighted by atomic mass is 15.2. The average Bonchev–Trinajstić information content (AvgIpc) is 3.55. The van der Waals surface area contributed by atoms with Gasteiger partial charge in [-0.2, -0.15) is 0 Å². The zero-order valence-electron chi connectivity index (χ0n) is 34.5. The molecular formula is C59H46N2. The second kappa shape index (κ2) is 15.0. The minimum Gasteiger partial charge on any atom is -0.310 e. The van der Waals surface area contributed by atoms with Crippen LogP contribution in [0.15, 0.2) is 236 Å². The summed E-state index contributed by atoms with van der Waals surface area (Å²) in [6, 6.07) is 77.4. The molecule has 2 atom stereocenters. The Bertz CT molecular complexity index is 3090. The summed E-state index contributed by atoms with van der Waals surface area (Å²) in [4.78, 5) is 4.92. The van der Waals surface area contributed by atoms with E-state index in [1.54, 1.807) is 0 Å². The van der Waals surface area contributed by atoms with E-state index in [-0.39, 0.29) is 17.3 Å². The first-order valence-electron chi connectivity index (χ1n) is 21.4. The highest BCUT2D eigenvalue weighted by Gasteiger charge is 2.46. The number of hydrogen-bond donors (Lipinski definition) is 0. The first-order chi connectivity index (χ1) is 30.0. The van der Waals surface area contributed by atoms with E-state index in [9.17, 15) is 0 Å².